The predicted octanol–water partition coefficient (Wildman–Crippen LogP) is 3.10. The largest absolute Gasteiger partial charge is 0.273 e. The number of unbranched alkanes of at least 4 members (excludes halogenated alkanes) is 2. The number of hydrazone groups is 1. The molecular weight excluding hydrogens is 212 g/mol. The Bertz CT molecular complexity index is 288. The molecule has 17 heavy (non-hydrogen) atoms. The zero-order valence-corrected chi connectivity index (χ0v) is 10.8. The molecule has 2 aliphatic rings. The molecule has 2 saturated carbocycles. The maximum Gasteiger partial charge on any atom is 0.240 e. The summed E-state index contributed by atoms with van der Waals surface area (Å²) in [6, 6.07) is 0. The van der Waals surface area contributed by atoms with E-state index in [0.717, 1.165) is 31.1 Å². The highest BCUT2D eigenvalue weighted by Gasteiger charge is 2.38. The van der Waals surface area contributed by atoms with Gasteiger partial charge in [0, 0.05) is 12.6 Å². The summed E-state index contributed by atoms with van der Waals surface area (Å²) in [6.45, 7) is 2.14. The summed E-state index contributed by atoms with van der Waals surface area (Å²) < 4.78 is 0. The topological polar surface area (TPSA) is 41.5 Å². The van der Waals surface area contributed by atoms with E-state index in [4.69, 9.17) is 0 Å². The van der Waals surface area contributed by atoms with Crippen molar-refractivity contribution in [2.75, 3.05) is 0 Å². The lowest BCUT2D eigenvalue weighted by Gasteiger charge is -2.16. The number of rotatable bonds is 6. The van der Waals surface area contributed by atoms with Gasteiger partial charge in [-0.3, -0.25) is 4.79 Å². The first-order valence-corrected chi connectivity index (χ1v) is 7.11. The number of carbonyl (C=O) groups is 1. The quantitative estimate of drug-likeness (QED) is 0.430. The average Bonchev–Trinajstić information content (AvgIpc) is 2.91. The fourth-order valence-electron chi connectivity index (χ4n) is 3.27. The Morgan fingerprint density at radius 1 is 1.35 bits per heavy atom. The van der Waals surface area contributed by atoms with Crippen molar-refractivity contribution < 1.29 is 4.79 Å². The van der Waals surface area contributed by atoms with Crippen LogP contribution in [0.1, 0.15) is 58.3 Å². The van der Waals surface area contributed by atoms with Crippen LogP contribution in [0.15, 0.2) is 5.10 Å². The first kappa shape index (κ1) is 12.6. The normalized spacial score (nSPS) is 31.2. The highest BCUT2D eigenvalue weighted by molar-refractivity contribution is 5.76. The van der Waals surface area contributed by atoms with E-state index in [0.29, 0.717) is 12.3 Å². The molecule has 2 bridgehead atoms. The van der Waals surface area contributed by atoms with E-state index < -0.39 is 0 Å². The van der Waals surface area contributed by atoms with Crippen molar-refractivity contribution in [1.29, 1.82) is 0 Å². The molecule has 0 aromatic heterocycles. The van der Waals surface area contributed by atoms with Gasteiger partial charge in [-0.1, -0.05) is 26.2 Å². The van der Waals surface area contributed by atoms with E-state index in [2.05, 4.69) is 17.5 Å². The van der Waals surface area contributed by atoms with Gasteiger partial charge in [-0.05, 0) is 43.4 Å². The molecule has 2 rings (SSSR count). The molecule has 0 heterocycles. The van der Waals surface area contributed by atoms with Gasteiger partial charge < -0.3 is 0 Å². The van der Waals surface area contributed by atoms with Crippen LogP contribution in [0.3, 0.4) is 0 Å². The fourth-order valence-corrected chi connectivity index (χ4v) is 3.27. The molecule has 0 aliphatic heterocycles. The van der Waals surface area contributed by atoms with Crippen LogP contribution in [-0.4, -0.2) is 12.1 Å². The van der Waals surface area contributed by atoms with Gasteiger partial charge in [0.2, 0.25) is 5.91 Å². The lowest BCUT2D eigenvalue weighted by molar-refractivity contribution is -0.121. The minimum Gasteiger partial charge on any atom is -0.273 e. The van der Waals surface area contributed by atoms with E-state index in [9.17, 15) is 4.79 Å². The summed E-state index contributed by atoms with van der Waals surface area (Å²) in [7, 11) is 0. The van der Waals surface area contributed by atoms with Gasteiger partial charge in [0.1, 0.15) is 0 Å². The Morgan fingerprint density at radius 3 is 2.88 bits per heavy atom. The van der Waals surface area contributed by atoms with E-state index in [-0.39, 0.29) is 5.91 Å². The van der Waals surface area contributed by atoms with Gasteiger partial charge in [0.25, 0.3) is 0 Å². The second kappa shape index (κ2) is 6.18. The minimum absolute atomic E-state index is 0.0675. The molecule has 0 aromatic carbocycles. The van der Waals surface area contributed by atoms with Gasteiger partial charge in [0.15, 0.2) is 0 Å². The van der Waals surface area contributed by atoms with Crippen LogP contribution in [0.2, 0.25) is 0 Å². The molecule has 3 nitrogen and oxygen atoms in total. The van der Waals surface area contributed by atoms with Gasteiger partial charge in [0.05, 0.1) is 0 Å². The highest BCUT2D eigenvalue weighted by Crippen LogP contribution is 2.47. The molecule has 1 amide bonds. The predicted molar refractivity (Wildman–Crippen MR) is 69.7 cm³/mol. The summed E-state index contributed by atoms with van der Waals surface area (Å²) in [6.07, 6.45) is 11.3. The van der Waals surface area contributed by atoms with Crippen LogP contribution < -0.4 is 5.43 Å². The van der Waals surface area contributed by atoms with Crippen molar-refractivity contribution in [1.82, 2.24) is 5.43 Å². The summed E-state index contributed by atoms with van der Waals surface area (Å²) in [5.41, 5.74) is 2.66. The maximum atomic E-state index is 11.4. The van der Waals surface area contributed by atoms with Crippen molar-refractivity contribution in [3.8, 4) is 0 Å². The van der Waals surface area contributed by atoms with Crippen LogP contribution >= 0.6 is 0 Å². The molecule has 0 aromatic rings. The fraction of sp³-hybridized carbons (Fsp3) is 0.857. The minimum atomic E-state index is 0.0675. The highest BCUT2D eigenvalue weighted by atomic mass is 16.2. The van der Waals surface area contributed by atoms with E-state index in [1.54, 1.807) is 0 Å². The Hall–Kier alpha value is -0.860. The first-order valence-electron chi connectivity index (χ1n) is 7.11. The molecular formula is C14H24N2O. The maximum absolute atomic E-state index is 11.4. The third-order valence-electron chi connectivity index (χ3n) is 4.26. The van der Waals surface area contributed by atoms with Gasteiger partial charge in [-0.2, -0.15) is 5.10 Å². The van der Waals surface area contributed by atoms with E-state index >= 15 is 0 Å². The molecule has 2 aliphatic carbocycles. The summed E-state index contributed by atoms with van der Waals surface area (Å²) in [4.78, 5) is 11.4. The van der Waals surface area contributed by atoms with Crippen LogP contribution in [0.5, 0.6) is 0 Å². The lowest BCUT2D eigenvalue weighted by atomic mass is 9.90. The number of nitrogens with zero attached hydrogens (tertiary/aromatic N) is 1. The van der Waals surface area contributed by atoms with Crippen LogP contribution in [0.25, 0.3) is 0 Å². The number of fused-ring (bicyclic) bond motifs is 2. The lowest BCUT2D eigenvalue weighted by Crippen LogP contribution is -2.19. The molecule has 3 unspecified atom stereocenters. The van der Waals surface area contributed by atoms with Gasteiger partial charge >= 0.3 is 0 Å². The Kier molecular flexibility index (Phi) is 4.57. The Balaban J connectivity index is 1.62. The van der Waals surface area contributed by atoms with Crippen molar-refractivity contribution in [2.45, 2.75) is 58.3 Å². The third-order valence-corrected chi connectivity index (χ3v) is 4.26. The molecule has 0 saturated heterocycles. The molecule has 0 radical (unpaired) electrons. The number of nitrogens with one attached hydrogen (secondary N) is 1. The van der Waals surface area contributed by atoms with E-state index in [1.807, 2.05) is 6.21 Å². The second-order valence-electron chi connectivity index (χ2n) is 5.61. The standard InChI is InChI=1S/C14H24N2O/c1-2-3-4-5-14(17)16-15-10-13-9-11-6-7-12(13)8-11/h10-13H,2-9H2,1H3,(H,16,17)/b15-10+. The zero-order valence-electron chi connectivity index (χ0n) is 10.8. The van der Waals surface area contributed by atoms with Gasteiger partial charge in [-0.15, -0.1) is 0 Å². The first-order chi connectivity index (χ1) is 8.29. The average molecular weight is 236 g/mol. The zero-order chi connectivity index (χ0) is 12.1. The molecule has 2 fully saturated rings. The summed E-state index contributed by atoms with van der Waals surface area (Å²) in [5, 5.41) is 4.13. The molecule has 96 valence electrons. The number of carbonyl (C=O) groups excluding carboxylic acids is 1. The monoisotopic (exact) mass is 236 g/mol. The Labute approximate surface area is 104 Å². The van der Waals surface area contributed by atoms with Crippen LogP contribution in [-0.2, 0) is 4.79 Å². The SMILES string of the molecule is CCCCCC(=O)N/N=C/C1CC2CCC1C2. The number of hydrogen-bond acceptors (Lipinski definition) is 2. The van der Waals surface area contributed by atoms with Crippen molar-refractivity contribution >= 4 is 12.1 Å². The second-order valence-corrected chi connectivity index (χ2v) is 5.61. The number of amides is 1. The molecule has 3 heteroatoms. The van der Waals surface area contributed by atoms with Crippen LogP contribution in [0.4, 0.5) is 0 Å². The van der Waals surface area contributed by atoms with E-state index in [1.165, 1.54) is 25.7 Å². The summed E-state index contributed by atoms with van der Waals surface area (Å²) in [5.74, 6) is 2.49. The molecule has 1 N–H and O–H groups in total. The van der Waals surface area contributed by atoms with Crippen molar-refractivity contribution in [3.63, 3.8) is 0 Å². The number of hydrogen-bond donors (Lipinski definition) is 1. The summed E-state index contributed by atoms with van der Waals surface area (Å²) >= 11 is 0. The molecule has 0 spiro atoms. The van der Waals surface area contributed by atoms with Gasteiger partial charge in [-0.25, -0.2) is 5.43 Å². The van der Waals surface area contributed by atoms with Crippen molar-refractivity contribution in [2.24, 2.45) is 22.9 Å². The Morgan fingerprint density at radius 2 is 2.24 bits per heavy atom. The van der Waals surface area contributed by atoms with Crippen LogP contribution in [0, 0.1) is 17.8 Å². The third kappa shape index (κ3) is 3.55. The molecule has 3 atom stereocenters. The smallest absolute Gasteiger partial charge is 0.240 e. The van der Waals surface area contributed by atoms with Crippen molar-refractivity contribution in [3.05, 3.63) is 0 Å².